The van der Waals surface area contributed by atoms with Crippen molar-refractivity contribution in [3.8, 4) is 0 Å². The summed E-state index contributed by atoms with van der Waals surface area (Å²) in [6, 6.07) is 1.99. The number of hydrogen-bond donors (Lipinski definition) is 1. The van der Waals surface area contributed by atoms with E-state index in [-0.39, 0.29) is 12.2 Å². The molecule has 0 saturated carbocycles. The van der Waals surface area contributed by atoms with Crippen molar-refractivity contribution >= 4 is 11.8 Å². The Labute approximate surface area is 100.0 Å². The van der Waals surface area contributed by atoms with Gasteiger partial charge in [-0.15, -0.1) is 0 Å². The Morgan fingerprint density at radius 3 is 3.25 bits per heavy atom. The van der Waals surface area contributed by atoms with Gasteiger partial charge in [0.2, 0.25) is 0 Å². The molecule has 1 aromatic heterocycles. The van der Waals surface area contributed by atoms with Crippen LogP contribution in [-0.4, -0.2) is 45.2 Å². The van der Waals surface area contributed by atoms with E-state index in [4.69, 9.17) is 4.74 Å². The average molecular weight is 242 g/mol. The van der Waals surface area contributed by atoms with E-state index in [1.165, 1.54) is 0 Å². The third-order valence-corrected chi connectivity index (χ3v) is 3.91. The van der Waals surface area contributed by atoms with E-state index in [9.17, 15) is 5.11 Å². The fourth-order valence-electron chi connectivity index (χ4n) is 1.86. The molecule has 0 bridgehead atoms. The summed E-state index contributed by atoms with van der Waals surface area (Å²) >= 11 is 1.86. The molecule has 1 saturated heterocycles. The third-order valence-electron chi connectivity index (χ3n) is 2.89. The second-order valence-electron chi connectivity index (χ2n) is 4.04. The third kappa shape index (κ3) is 2.99. The van der Waals surface area contributed by atoms with Crippen LogP contribution in [0.3, 0.4) is 0 Å². The number of rotatable bonds is 4. The molecular formula is C11H18N2O2S. The summed E-state index contributed by atoms with van der Waals surface area (Å²) in [6.45, 7) is 0.762. The molecule has 0 amide bonds. The molecular weight excluding hydrogens is 224 g/mol. The van der Waals surface area contributed by atoms with Gasteiger partial charge in [0.1, 0.15) is 0 Å². The van der Waals surface area contributed by atoms with Crippen molar-refractivity contribution < 1.29 is 9.84 Å². The van der Waals surface area contributed by atoms with Gasteiger partial charge in [0.15, 0.2) is 0 Å². The van der Waals surface area contributed by atoms with Crippen LogP contribution in [0.25, 0.3) is 0 Å². The van der Waals surface area contributed by atoms with Crippen LogP contribution in [0, 0.1) is 0 Å². The van der Waals surface area contributed by atoms with Crippen LogP contribution < -0.4 is 0 Å². The molecule has 0 aromatic carbocycles. The second-order valence-corrected chi connectivity index (χ2v) is 5.19. The Kier molecular flexibility index (Phi) is 4.26. The molecule has 1 aromatic rings. The summed E-state index contributed by atoms with van der Waals surface area (Å²) in [6.07, 6.45) is 3.02. The molecule has 5 heteroatoms. The van der Waals surface area contributed by atoms with Crippen LogP contribution in [0.2, 0.25) is 0 Å². The van der Waals surface area contributed by atoms with Crippen LogP contribution in [0.1, 0.15) is 12.1 Å². The minimum atomic E-state index is -0.359. The van der Waals surface area contributed by atoms with Crippen molar-refractivity contribution in [1.29, 1.82) is 0 Å². The maximum absolute atomic E-state index is 10.00. The van der Waals surface area contributed by atoms with Gasteiger partial charge in [0.05, 0.1) is 18.8 Å². The van der Waals surface area contributed by atoms with Crippen LogP contribution in [-0.2, 0) is 18.2 Å². The summed E-state index contributed by atoms with van der Waals surface area (Å²) in [5, 5.41) is 14.1. The second kappa shape index (κ2) is 5.70. The summed E-state index contributed by atoms with van der Waals surface area (Å²) < 4.78 is 7.40. The fraction of sp³-hybridized carbons (Fsp3) is 0.727. The predicted molar refractivity (Wildman–Crippen MR) is 64.6 cm³/mol. The fourth-order valence-corrected chi connectivity index (χ4v) is 2.79. The number of thioether (sulfide) groups is 1. The molecule has 2 rings (SSSR count). The van der Waals surface area contributed by atoms with Crippen molar-refractivity contribution in [3.63, 3.8) is 0 Å². The predicted octanol–water partition coefficient (Wildman–Crippen LogP) is 0.846. The SMILES string of the molecule is Cn1nccc1CCC(O)C1CSCCO1. The van der Waals surface area contributed by atoms with E-state index in [1.54, 1.807) is 6.20 Å². The van der Waals surface area contributed by atoms with Crippen LogP contribution in [0.5, 0.6) is 0 Å². The van der Waals surface area contributed by atoms with E-state index in [2.05, 4.69) is 5.10 Å². The standard InChI is InChI=1S/C11H18N2O2S/c1-13-9(4-5-12-13)2-3-10(14)11-8-16-7-6-15-11/h4-5,10-11,14H,2-3,6-8H2,1H3. The highest BCUT2D eigenvalue weighted by atomic mass is 32.2. The summed E-state index contributed by atoms with van der Waals surface area (Å²) in [7, 11) is 1.93. The first-order valence-electron chi connectivity index (χ1n) is 5.61. The molecule has 0 spiro atoms. The van der Waals surface area contributed by atoms with E-state index >= 15 is 0 Å². The molecule has 4 nitrogen and oxygen atoms in total. The molecule has 0 radical (unpaired) electrons. The van der Waals surface area contributed by atoms with Gasteiger partial charge < -0.3 is 9.84 Å². The summed E-state index contributed by atoms with van der Waals surface area (Å²) in [5.74, 6) is 1.96. The van der Waals surface area contributed by atoms with E-state index in [1.807, 2.05) is 29.6 Å². The molecule has 1 fully saturated rings. The number of aryl methyl sites for hydroxylation is 2. The Hall–Kier alpha value is -0.520. The molecule has 90 valence electrons. The Morgan fingerprint density at radius 1 is 1.75 bits per heavy atom. The zero-order valence-corrected chi connectivity index (χ0v) is 10.3. The summed E-state index contributed by atoms with van der Waals surface area (Å²) in [4.78, 5) is 0. The topological polar surface area (TPSA) is 47.3 Å². The monoisotopic (exact) mass is 242 g/mol. The number of aliphatic hydroxyl groups is 1. The molecule has 0 aliphatic carbocycles. The molecule has 1 aliphatic heterocycles. The van der Waals surface area contributed by atoms with Gasteiger partial charge in [0, 0.05) is 30.4 Å². The maximum Gasteiger partial charge on any atom is 0.0924 e. The Morgan fingerprint density at radius 2 is 2.62 bits per heavy atom. The number of aliphatic hydroxyl groups excluding tert-OH is 1. The van der Waals surface area contributed by atoms with Gasteiger partial charge >= 0.3 is 0 Å². The summed E-state index contributed by atoms with van der Waals surface area (Å²) in [5.41, 5.74) is 1.16. The van der Waals surface area contributed by atoms with E-state index in [0.717, 1.165) is 36.6 Å². The first kappa shape index (κ1) is 12.0. The van der Waals surface area contributed by atoms with Crippen LogP contribution >= 0.6 is 11.8 Å². The highest BCUT2D eigenvalue weighted by molar-refractivity contribution is 7.99. The van der Waals surface area contributed by atoms with Gasteiger partial charge in [-0.3, -0.25) is 4.68 Å². The number of aromatic nitrogens is 2. The van der Waals surface area contributed by atoms with Crippen LogP contribution in [0.15, 0.2) is 12.3 Å². The largest absolute Gasteiger partial charge is 0.390 e. The first-order valence-corrected chi connectivity index (χ1v) is 6.77. The smallest absolute Gasteiger partial charge is 0.0924 e. The van der Waals surface area contributed by atoms with Crippen molar-refractivity contribution in [2.45, 2.75) is 25.0 Å². The quantitative estimate of drug-likeness (QED) is 0.850. The van der Waals surface area contributed by atoms with Crippen molar-refractivity contribution in [3.05, 3.63) is 18.0 Å². The highest BCUT2D eigenvalue weighted by Crippen LogP contribution is 2.18. The molecule has 2 atom stereocenters. The van der Waals surface area contributed by atoms with Crippen LogP contribution in [0.4, 0.5) is 0 Å². The number of ether oxygens (including phenoxy) is 1. The highest BCUT2D eigenvalue weighted by Gasteiger charge is 2.22. The van der Waals surface area contributed by atoms with Gasteiger partial charge in [0.25, 0.3) is 0 Å². The lowest BCUT2D eigenvalue weighted by atomic mass is 10.1. The zero-order chi connectivity index (χ0) is 11.4. The molecule has 16 heavy (non-hydrogen) atoms. The average Bonchev–Trinajstić information content (AvgIpc) is 2.73. The lowest BCUT2D eigenvalue weighted by Crippen LogP contribution is -2.35. The molecule has 2 heterocycles. The van der Waals surface area contributed by atoms with Gasteiger partial charge in [-0.05, 0) is 18.9 Å². The first-order chi connectivity index (χ1) is 7.77. The zero-order valence-electron chi connectivity index (χ0n) is 9.50. The van der Waals surface area contributed by atoms with Crippen molar-refractivity contribution in [2.75, 3.05) is 18.1 Å². The lowest BCUT2D eigenvalue weighted by molar-refractivity contribution is -0.0246. The minimum absolute atomic E-state index is 0.00646. The maximum atomic E-state index is 10.00. The van der Waals surface area contributed by atoms with Gasteiger partial charge in [-0.1, -0.05) is 0 Å². The molecule has 2 unspecified atom stereocenters. The normalized spacial score (nSPS) is 23.2. The van der Waals surface area contributed by atoms with Crippen molar-refractivity contribution in [2.24, 2.45) is 7.05 Å². The minimum Gasteiger partial charge on any atom is -0.390 e. The number of hydrogen-bond acceptors (Lipinski definition) is 4. The van der Waals surface area contributed by atoms with Gasteiger partial charge in [-0.25, -0.2) is 0 Å². The van der Waals surface area contributed by atoms with E-state index in [0.29, 0.717) is 0 Å². The molecule has 1 N–H and O–H groups in total. The lowest BCUT2D eigenvalue weighted by Gasteiger charge is -2.26. The van der Waals surface area contributed by atoms with Gasteiger partial charge in [-0.2, -0.15) is 16.9 Å². The Balaban J connectivity index is 1.78. The van der Waals surface area contributed by atoms with Crippen molar-refractivity contribution in [1.82, 2.24) is 9.78 Å². The molecule has 1 aliphatic rings. The Bertz CT molecular complexity index is 324. The van der Waals surface area contributed by atoms with E-state index < -0.39 is 0 Å². The number of nitrogens with zero attached hydrogens (tertiary/aromatic N) is 2.